The molecule has 0 atom stereocenters. The summed E-state index contributed by atoms with van der Waals surface area (Å²) in [6.07, 6.45) is 1.95. The van der Waals surface area contributed by atoms with Crippen molar-refractivity contribution >= 4 is 32.1 Å². The first-order valence-corrected chi connectivity index (χ1v) is 4.60. The maximum atomic E-state index is 4.23. The summed E-state index contributed by atoms with van der Waals surface area (Å²) < 4.78 is 0. The third-order valence-electron chi connectivity index (χ3n) is 1.74. The average Bonchev–Trinajstić information content (AvgIpc) is 2.05. The maximum absolute atomic E-state index is 4.23. The fourth-order valence-electron chi connectivity index (χ4n) is 1.07. The summed E-state index contributed by atoms with van der Waals surface area (Å²) in [5.74, 6) is 0. The SMILES string of the molecule is C1=NCCNCCNCCNC1.[In]. The van der Waals surface area contributed by atoms with Gasteiger partial charge in [0.15, 0.2) is 0 Å². The Kier molecular flexibility index (Phi) is 10.8. The zero-order valence-corrected chi connectivity index (χ0v) is 11.3. The molecule has 0 aromatic rings. The standard InChI is InChI=1S/C8H18N4.In/c1-2-10-5-6-12-8-7-11-4-3-9-1;/h1,10-12H,2-8H2;. The van der Waals surface area contributed by atoms with Gasteiger partial charge in [0.2, 0.25) is 0 Å². The molecule has 0 spiro atoms. The van der Waals surface area contributed by atoms with Crippen LogP contribution >= 0.6 is 0 Å². The van der Waals surface area contributed by atoms with Gasteiger partial charge in [-0.1, -0.05) is 0 Å². The number of rotatable bonds is 0. The summed E-state index contributed by atoms with van der Waals surface area (Å²) in [6.45, 7) is 6.91. The van der Waals surface area contributed by atoms with Gasteiger partial charge < -0.3 is 16.0 Å². The van der Waals surface area contributed by atoms with Gasteiger partial charge in [-0.05, 0) is 0 Å². The molecular formula is C8H18InN4. The molecule has 1 aliphatic heterocycles. The monoisotopic (exact) mass is 285 g/mol. The van der Waals surface area contributed by atoms with Gasteiger partial charge in [-0.15, -0.1) is 0 Å². The second kappa shape index (κ2) is 10.5. The number of nitrogens with one attached hydrogen (secondary N) is 3. The Hall–Kier alpha value is 0.420. The van der Waals surface area contributed by atoms with E-state index >= 15 is 0 Å². The van der Waals surface area contributed by atoms with Crippen molar-refractivity contribution in [1.82, 2.24) is 16.0 Å². The molecule has 3 N–H and O–H groups in total. The minimum Gasteiger partial charge on any atom is -0.314 e. The van der Waals surface area contributed by atoms with E-state index in [1.54, 1.807) is 0 Å². The first-order chi connectivity index (χ1) is 6.00. The molecule has 0 saturated heterocycles. The predicted molar refractivity (Wildman–Crippen MR) is 57.7 cm³/mol. The van der Waals surface area contributed by atoms with Crippen molar-refractivity contribution in [1.29, 1.82) is 0 Å². The zero-order chi connectivity index (χ0) is 8.49. The fraction of sp³-hybridized carbons (Fsp3) is 0.875. The Morgan fingerprint density at radius 2 is 1.46 bits per heavy atom. The van der Waals surface area contributed by atoms with Crippen molar-refractivity contribution in [2.45, 2.75) is 0 Å². The van der Waals surface area contributed by atoms with Crippen LogP contribution in [0.1, 0.15) is 0 Å². The van der Waals surface area contributed by atoms with Crippen LogP contribution in [-0.4, -0.2) is 77.9 Å². The Bertz CT molecular complexity index is 115. The minimum atomic E-state index is 0. The molecule has 0 aromatic carbocycles. The summed E-state index contributed by atoms with van der Waals surface area (Å²) in [6, 6.07) is 0. The second-order valence-corrected chi connectivity index (χ2v) is 2.79. The smallest absolute Gasteiger partial charge is 0.0510 e. The van der Waals surface area contributed by atoms with Gasteiger partial charge in [-0.3, -0.25) is 4.99 Å². The number of nitrogens with zero attached hydrogens (tertiary/aromatic N) is 1. The van der Waals surface area contributed by atoms with Gasteiger partial charge in [0.05, 0.1) is 6.54 Å². The van der Waals surface area contributed by atoms with E-state index in [4.69, 9.17) is 0 Å². The Balaban J connectivity index is 0.00000144. The molecule has 0 unspecified atom stereocenters. The largest absolute Gasteiger partial charge is 0.314 e. The number of hydrogen-bond acceptors (Lipinski definition) is 4. The molecule has 5 heteroatoms. The molecule has 0 aliphatic carbocycles. The first kappa shape index (κ1) is 13.4. The van der Waals surface area contributed by atoms with Crippen LogP contribution in [0.25, 0.3) is 0 Å². The minimum absolute atomic E-state index is 0. The molecule has 4 nitrogen and oxygen atoms in total. The van der Waals surface area contributed by atoms with E-state index in [9.17, 15) is 0 Å². The van der Waals surface area contributed by atoms with Crippen LogP contribution in [0.5, 0.6) is 0 Å². The molecule has 13 heavy (non-hydrogen) atoms. The van der Waals surface area contributed by atoms with Crippen LogP contribution in [-0.2, 0) is 0 Å². The molecule has 73 valence electrons. The molecular weight excluding hydrogens is 267 g/mol. The van der Waals surface area contributed by atoms with E-state index in [-0.39, 0.29) is 25.8 Å². The van der Waals surface area contributed by atoms with Crippen LogP contribution in [0.3, 0.4) is 0 Å². The van der Waals surface area contributed by atoms with Crippen molar-refractivity contribution in [3.63, 3.8) is 0 Å². The Morgan fingerprint density at radius 1 is 0.846 bits per heavy atom. The van der Waals surface area contributed by atoms with E-state index in [1.807, 2.05) is 6.21 Å². The predicted octanol–water partition coefficient (Wildman–Crippen LogP) is -1.54. The third-order valence-corrected chi connectivity index (χ3v) is 1.74. The zero-order valence-electron chi connectivity index (χ0n) is 8.05. The summed E-state index contributed by atoms with van der Waals surface area (Å²) in [5.41, 5.74) is 0. The average molecular weight is 285 g/mol. The molecule has 0 amide bonds. The fourth-order valence-corrected chi connectivity index (χ4v) is 1.07. The van der Waals surface area contributed by atoms with Gasteiger partial charge in [-0.25, -0.2) is 0 Å². The van der Waals surface area contributed by atoms with Gasteiger partial charge in [0.25, 0.3) is 0 Å². The van der Waals surface area contributed by atoms with Crippen LogP contribution in [0.15, 0.2) is 4.99 Å². The number of hydrogen-bond donors (Lipinski definition) is 3. The Labute approximate surface area is 98.7 Å². The van der Waals surface area contributed by atoms with Crippen LogP contribution in [0.2, 0.25) is 0 Å². The molecule has 1 rings (SSSR count). The summed E-state index contributed by atoms with van der Waals surface area (Å²) in [5, 5.41) is 9.91. The summed E-state index contributed by atoms with van der Waals surface area (Å²) in [7, 11) is 0. The van der Waals surface area contributed by atoms with E-state index in [1.165, 1.54) is 0 Å². The van der Waals surface area contributed by atoms with E-state index in [0.29, 0.717) is 0 Å². The molecule has 0 aromatic heterocycles. The van der Waals surface area contributed by atoms with Crippen molar-refractivity contribution in [3.05, 3.63) is 0 Å². The van der Waals surface area contributed by atoms with Crippen LogP contribution < -0.4 is 16.0 Å². The summed E-state index contributed by atoms with van der Waals surface area (Å²) >= 11 is 0. The van der Waals surface area contributed by atoms with Crippen molar-refractivity contribution < 1.29 is 0 Å². The molecule has 3 radical (unpaired) electrons. The third kappa shape index (κ3) is 8.74. The van der Waals surface area contributed by atoms with Gasteiger partial charge in [-0.2, -0.15) is 0 Å². The van der Waals surface area contributed by atoms with Crippen molar-refractivity contribution in [2.24, 2.45) is 4.99 Å². The van der Waals surface area contributed by atoms with Crippen molar-refractivity contribution in [3.8, 4) is 0 Å². The molecule has 1 heterocycles. The molecule has 0 saturated carbocycles. The van der Waals surface area contributed by atoms with Crippen LogP contribution in [0, 0.1) is 0 Å². The van der Waals surface area contributed by atoms with Gasteiger partial charge in [0, 0.05) is 71.3 Å². The quantitative estimate of drug-likeness (QED) is 0.505. The van der Waals surface area contributed by atoms with E-state index < -0.39 is 0 Å². The first-order valence-electron chi connectivity index (χ1n) is 4.60. The topological polar surface area (TPSA) is 48.5 Å². The molecule has 1 aliphatic rings. The summed E-state index contributed by atoms with van der Waals surface area (Å²) in [4.78, 5) is 4.23. The second-order valence-electron chi connectivity index (χ2n) is 2.79. The van der Waals surface area contributed by atoms with E-state index in [2.05, 4.69) is 20.9 Å². The number of aliphatic imine (C=N–C) groups is 1. The van der Waals surface area contributed by atoms with E-state index in [0.717, 1.165) is 45.8 Å². The molecule has 0 bridgehead atoms. The normalized spacial score (nSPS) is 20.9. The van der Waals surface area contributed by atoms with Crippen molar-refractivity contribution in [2.75, 3.05) is 45.8 Å². The van der Waals surface area contributed by atoms with Gasteiger partial charge in [0.1, 0.15) is 0 Å². The Morgan fingerprint density at radius 3 is 2.23 bits per heavy atom. The molecule has 0 fully saturated rings. The van der Waals surface area contributed by atoms with Crippen LogP contribution in [0.4, 0.5) is 0 Å². The van der Waals surface area contributed by atoms with Gasteiger partial charge >= 0.3 is 0 Å². The maximum Gasteiger partial charge on any atom is 0.0510 e.